The Morgan fingerprint density at radius 3 is 2.57 bits per heavy atom. The van der Waals surface area contributed by atoms with Gasteiger partial charge in [-0.3, -0.25) is 9.59 Å². The number of hydrogen-bond acceptors (Lipinski definition) is 4. The normalized spacial score (nSPS) is 30.9. The third-order valence-electron chi connectivity index (χ3n) is 5.55. The molecule has 0 aliphatic heterocycles. The van der Waals surface area contributed by atoms with Crippen LogP contribution in [0.5, 0.6) is 0 Å². The maximum atomic E-state index is 12.3. The molecule has 3 aliphatic carbocycles. The molecule has 3 saturated carbocycles. The number of carboxylic acid groups (broad SMARTS) is 1. The minimum atomic E-state index is -0.794. The molecule has 7 heteroatoms. The van der Waals surface area contributed by atoms with Gasteiger partial charge in [0.25, 0.3) is 0 Å². The van der Waals surface area contributed by atoms with Crippen molar-refractivity contribution in [3.63, 3.8) is 0 Å². The third kappa shape index (κ3) is 2.84. The van der Waals surface area contributed by atoms with Crippen LogP contribution in [0.15, 0.2) is 6.20 Å². The van der Waals surface area contributed by atoms with Gasteiger partial charge >= 0.3 is 5.97 Å². The summed E-state index contributed by atoms with van der Waals surface area (Å²) in [5, 5.41) is 20.9. The Morgan fingerprint density at radius 1 is 1.17 bits per heavy atom. The summed E-state index contributed by atoms with van der Waals surface area (Å²) in [5.41, 5.74) is 0.993. The van der Waals surface area contributed by atoms with Gasteiger partial charge in [0.15, 0.2) is 0 Å². The Bertz CT molecular complexity index is 621. The van der Waals surface area contributed by atoms with Crippen molar-refractivity contribution < 1.29 is 14.7 Å². The molecule has 23 heavy (non-hydrogen) atoms. The topological polar surface area (TPSA) is 97.1 Å². The molecule has 0 spiro atoms. The summed E-state index contributed by atoms with van der Waals surface area (Å²) < 4.78 is 1.78. The van der Waals surface area contributed by atoms with Gasteiger partial charge in [0.05, 0.1) is 23.7 Å². The second-order valence-corrected chi connectivity index (χ2v) is 7.21. The Hall–Kier alpha value is -1.92. The molecule has 1 aromatic rings. The number of carbonyl (C=O) groups is 2. The van der Waals surface area contributed by atoms with Gasteiger partial charge in [0.2, 0.25) is 5.91 Å². The maximum Gasteiger partial charge on any atom is 0.306 e. The van der Waals surface area contributed by atoms with Crippen LogP contribution in [-0.4, -0.2) is 38.0 Å². The fourth-order valence-electron chi connectivity index (χ4n) is 3.65. The molecule has 1 amide bonds. The molecule has 0 saturated heterocycles. The van der Waals surface area contributed by atoms with Crippen LogP contribution in [-0.2, 0) is 9.59 Å². The van der Waals surface area contributed by atoms with Gasteiger partial charge < -0.3 is 10.4 Å². The Morgan fingerprint density at radius 2 is 1.96 bits per heavy atom. The number of aromatic nitrogens is 3. The lowest BCUT2D eigenvalue weighted by atomic mass is 9.84. The largest absolute Gasteiger partial charge is 0.481 e. The first-order valence-corrected chi connectivity index (χ1v) is 8.56. The first-order valence-electron chi connectivity index (χ1n) is 8.56. The first-order chi connectivity index (χ1) is 11.1. The summed E-state index contributed by atoms with van der Waals surface area (Å²) in [6.07, 6.45) is 8.22. The van der Waals surface area contributed by atoms with Crippen molar-refractivity contribution in [2.75, 3.05) is 0 Å². The molecule has 1 unspecified atom stereocenters. The highest BCUT2D eigenvalue weighted by atomic mass is 16.4. The van der Waals surface area contributed by atoms with E-state index in [-0.39, 0.29) is 23.9 Å². The van der Waals surface area contributed by atoms with E-state index < -0.39 is 11.9 Å². The molecule has 3 fully saturated rings. The highest BCUT2D eigenvalue weighted by Gasteiger charge is 2.42. The van der Waals surface area contributed by atoms with E-state index in [2.05, 4.69) is 15.6 Å². The molecule has 3 aliphatic rings. The lowest BCUT2D eigenvalue weighted by molar-refractivity contribution is -0.141. The van der Waals surface area contributed by atoms with E-state index in [1.807, 2.05) is 6.20 Å². The van der Waals surface area contributed by atoms with Crippen molar-refractivity contribution in [3.05, 3.63) is 11.9 Å². The zero-order chi connectivity index (χ0) is 16.0. The van der Waals surface area contributed by atoms with E-state index in [0.717, 1.165) is 37.8 Å². The predicted molar refractivity (Wildman–Crippen MR) is 80.7 cm³/mol. The number of amides is 1. The van der Waals surface area contributed by atoms with Crippen LogP contribution < -0.4 is 5.32 Å². The molecule has 0 radical (unpaired) electrons. The standard InChI is InChI=1S/C16H22N4O3/c21-15(10-2-1-3-10)17-12-6-11(16(22)23)7-14(12)20-8-13(18-19-20)9-4-5-9/h8-12,14H,1-7H2,(H,17,21)(H,22,23)/t11?,12-,14+/m1/s1. The van der Waals surface area contributed by atoms with Gasteiger partial charge in [-0.15, -0.1) is 5.10 Å². The minimum absolute atomic E-state index is 0.0693. The number of aliphatic carboxylic acids is 1. The summed E-state index contributed by atoms with van der Waals surface area (Å²) in [4.78, 5) is 23.6. The van der Waals surface area contributed by atoms with Crippen LogP contribution in [0.25, 0.3) is 0 Å². The first kappa shape index (κ1) is 14.7. The number of carbonyl (C=O) groups excluding carboxylic acids is 1. The Labute approximate surface area is 134 Å². The number of nitrogens with zero attached hydrogens (tertiary/aromatic N) is 3. The Balaban J connectivity index is 1.50. The van der Waals surface area contributed by atoms with E-state index in [4.69, 9.17) is 0 Å². The molecular weight excluding hydrogens is 296 g/mol. The average Bonchev–Trinajstić information content (AvgIpc) is 3.03. The van der Waals surface area contributed by atoms with E-state index in [9.17, 15) is 14.7 Å². The summed E-state index contributed by atoms with van der Waals surface area (Å²) in [6.45, 7) is 0. The number of rotatable bonds is 5. The van der Waals surface area contributed by atoms with E-state index >= 15 is 0 Å². The number of nitrogens with one attached hydrogen (secondary N) is 1. The van der Waals surface area contributed by atoms with Crippen molar-refractivity contribution in [2.24, 2.45) is 11.8 Å². The molecule has 124 valence electrons. The smallest absolute Gasteiger partial charge is 0.306 e. The van der Waals surface area contributed by atoms with Crippen LogP contribution in [0.1, 0.15) is 62.6 Å². The molecular formula is C16H22N4O3. The minimum Gasteiger partial charge on any atom is -0.481 e. The summed E-state index contributed by atoms with van der Waals surface area (Å²) in [5.74, 6) is -0.529. The van der Waals surface area contributed by atoms with Gasteiger partial charge in [-0.2, -0.15) is 0 Å². The van der Waals surface area contributed by atoms with Gasteiger partial charge in [0.1, 0.15) is 0 Å². The second-order valence-electron chi connectivity index (χ2n) is 7.21. The molecule has 7 nitrogen and oxygen atoms in total. The molecule has 1 aromatic heterocycles. The fourth-order valence-corrected chi connectivity index (χ4v) is 3.65. The molecule has 1 heterocycles. The average molecular weight is 318 g/mol. The lowest BCUT2D eigenvalue weighted by Crippen LogP contribution is -2.43. The van der Waals surface area contributed by atoms with Crippen LogP contribution in [0.3, 0.4) is 0 Å². The summed E-state index contributed by atoms with van der Waals surface area (Å²) in [6, 6.07) is -0.280. The van der Waals surface area contributed by atoms with E-state index in [0.29, 0.717) is 18.8 Å². The lowest BCUT2D eigenvalue weighted by Gasteiger charge is -2.28. The van der Waals surface area contributed by atoms with Crippen LogP contribution in [0, 0.1) is 11.8 Å². The molecule has 3 atom stereocenters. The molecule has 0 bridgehead atoms. The van der Waals surface area contributed by atoms with Gasteiger partial charge in [-0.05, 0) is 38.5 Å². The van der Waals surface area contributed by atoms with Crippen LogP contribution >= 0.6 is 0 Å². The monoisotopic (exact) mass is 318 g/mol. The maximum absolute atomic E-state index is 12.3. The SMILES string of the molecule is O=C(O)C1C[C@@H](NC(=O)C2CCC2)[C@@H](n2cc(C3CC3)nn2)C1. The van der Waals surface area contributed by atoms with Crippen LogP contribution in [0.4, 0.5) is 0 Å². The summed E-state index contributed by atoms with van der Waals surface area (Å²) in [7, 11) is 0. The van der Waals surface area contributed by atoms with E-state index in [1.54, 1.807) is 4.68 Å². The highest BCUT2D eigenvalue weighted by molar-refractivity contribution is 5.80. The van der Waals surface area contributed by atoms with Crippen molar-refractivity contribution in [2.45, 2.75) is 62.9 Å². The van der Waals surface area contributed by atoms with Crippen molar-refractivity contribution in [3.8, 4) is 0 Å². The zero-order valence-corrected chi connectivity index (χ0v) is 13.0. The molecule has 4 rings (SSSR count). The van der Waals surface area contributed by atoms with Gasteiger partial charge in [-0.25, -0.2) is 4.68 Å². The fraction of sp³-hybridized carbons (Fsp3) is 0.750. The van der Waals surface area contributed by atoms with E-state index in [1.165, 1.54) is 0 Å². The molecule has 0 aromatic carbocycles. The Kier molecular flexibility index (Phi) is 3.58. The van der Waals surface area contributed by atoms with Crippen molar-refractivity contribution >= 4 is 11.9 Å². The quantitative estimate of drug-likeness (QED) is 0.857. The second kappa shape index (κ2) is 5.62. The molecule has 2 N–H and O–H groups in total. The number of carboxylic acids is 1. The third-order valence-corrected chi connectivity index (χ3v) is 5.55. The van der Waals surface area contributed by atoms with Gasteiger partial charge in [-0.1, -0.05) is 11.6 Å². The summed E-state index contributed by atoms with van der Waals surface area (Å²) >= 11 is 0. The predicted octanol–water partition coefficient (Wildman–Crippen LogP) is 1.48. The van der Waals surface area contributed by atoms with Crippen molar-refractivity contribution in [1.82, 2.24) is 20.3 Å². The number of hydrogen-bond donors (Lipinski definition) is 2. The van der Waals surface area contributed by atoms with Crippen molar-refractivity contribution in [1.29, 1.82) is 0 Å². The zero-order valence-electron chi connectivity index (χ0n) is 13.0. The van der Waals surface area contributed by atoms with Crippen LogP contribution in [0.2, 0.25) is 0 Å². The highest BCUT2D eigenvalue weighted by Crippen LogP contribution is 2.40. The van der Waals surface area contributed by atoms with Gasteiger partial charge in [0, 0.05) is 18.0 Å².